The Kier molecular flexibility index (Phi) is 8.08. The van der Waals surface area contributed by atoms with E-state index in [4.69, 9.17) is 5.11 Å². The number of nitrogens with zero attached hydrogens (tertiary/aromatic N) is 1. The molecule has 0 radical (unpaired) electrons. The lowest BCUT2D eigenvalue weighted by Gasteiger charge is -2.27. The monoisotopic (exact) mass is 461 g/mol. The Morgan fingerprint density at radius 3 is 2.39 bits per heavy atom. The molecule has 33 heavy (non-hydrogen) atoms. The van der Waals surface area contributed by atoms with Crippen LogP contribution < -0.4 is 0 Å². The lowest BCUT2D eigenvalue weighted by atomic mass is 9.93. The van der Waals surface area contributed by atoms with Gasteiger partial charge in [-0.25, -0.2) is 8.78 Å². The van der Waals surface area contributed by atoms with Crippen LogP contribution in [0.5, 0.6) is 0 Å². The molecule has 1 saturated carbocycles. The molecule has 0 unspecified atom stereocenters. The van der Waals surface area contributed by atoms with Crippen LogP contribution in [0.25, 0.3) is 17.2 Å². The van der Waals surface area contributed by atoms with Crippen LogP contribution >= 0.6 is 0 Å². The molecule has 0 atom stereocenters. The normalized spacial score (nSPS) is 15.9. The average molecular weight is 462 g/mol. The summed E-state index contributed by atoms with van der Waals surface area (Å²) < 4.78 is 30.9. The first kappa shape index (κ1) is 25.1. The molecule has 5 nitrogen and oxygen atoms in total. The maximum Gasteiger partial charge on any atom is 0.303 e. The lowest BCUT2D eigenvalue weighted by Crippen LogP contribution is -2.29. The predicted molar refractivity (Wildman–Crippen MR) is 124 cm³/mol. The highest BCUT2D eigenvalue weighted by molar-refractivity contribution is 5.78. The van der Waals surface area contributed by atoms with Gasteiger partial charge in [-0.15, -0.1) is 0 Å². The van der Waals surface area contributed by atoms with E-state index in [9.17, 15) is 19.4 Å². The van der Waals surface area contributed by atoms with Crippen molar-refractivity contribution in [2.24, 2.45) is 0 Å². The van der Waals surface area contributed by atoms with Crippen molar-refractivity contribution in [3.63, 3.8) is 0 Å². The molecule has 7 heteroatoms. The highest BCUT2D eigenvalue weighted by atomic mass is 19.1. The minimum atomic E-state index is -2.77. The van der Waals surface area contributed by atoms with Crippen LogP contribution in [-0.2, 0) is 4.79 Å². The van der Waals surface area contributed by atoms with Gasteiger partial charge in [0.05, 0.1) is 0 Å². The molecular formula is C26H33F2NO4. The third-order valence-electron chi connectivity index (χ3n) is 6.35. The largest absolute Gasteiger partial charge is 0.481 e. The summed E-state index contributed by atoms with van der Waals surface area (Å²) in [5.41, 5.74) is 2.82. The summed E-state index contributed by atoms with van der Waals surface area (Å²) in [5, 5.41) is 29.4. The Bertz CT molecular complexity index is 986. The van der Waals surface area contributed by atoms with Gasteiger partial charge in [-0.1, -0.05) is 45.2 Å². The zero-order chi connectivity index (χ0) is 24.2. The number of rotatable bonds is 9. The molecule has 0 spiro atoms. The molecule has 3 rings (SSSR count). The molecule has 1 heterocycles. The molecule has 1 aromatic carbocycles. The SMILES string of the molecule is CC(C)c1c(C=C(F)C(O)(O)CCCC(=O)O)c(-c2ccc(F)cc2)cn1C1CCCCC1. The van der Waals surface area contributed by atoms with E-state index in [0.29, 0.717) is 16.7 Å². The van der Waals surface area contributed by atoms with E-state index >= 15 is 4.39 Å². The van der Waals surface area contributed by atoms with E-state index in [1.165, 1.54) is 18.6 Å². The van der Waals surface area contributed by atoms with Gasteiger partial charge in [0, 0.05) is 41.9 Å². The second-order valence-electron chi connectivity index (χ2n) is 9.26. The van der Waals surface area contributed by atoms with E-state index in [1.54, 1.807) is 12.1 Å². The molecule has 0 bridgehead atoms. The van der Waals surface area contributed by atoms with E-state index < -0.39 is 24.0 Å². The quantitative estimate of drug-likeness (QED) is 0.390. The first-order valence-corrected chi connectivity index (χ1v) is 11.6. The van der Waals surface area contributed by atoms with Gasteiger partial charge in [-0.05, 0) is 49.0 Å². The second kappa shape index (κ2) is 10.6. The summed E-state index contributed by atoms with van der Waals surface area (Å²) >= 11 is 0. The van der Waals surface area contributed by atoms with Crippen molar-refractivity contribution in [3.05, 3.63) is 53.4 Å². The van der Waals surface area contributed by atoms with E-state index in [2.05, 4.69) is 4.57 Å². The van der Waals surface area contributed by atoms with Gasteiger partial charge >= 0.3 is 5.97 Å². The van der Waals surface area contributed by atoms with Gasteiger partial charge < -0.3 is 19.9 Å². The number of aliphatic carboxylic acids is 1. The average Bonchev–Trinajstić information content (AvgIpc) is 3.14. The minimum absolute atomic E-state index is 0.0268. The van der Waals surface area contributed by atoms with Crippen LogP contribution in [0, 0.1) is 5.82 Å². The fourth-order valence-corrected chi connectivity index (χ4v) is 4.68. The van der Waals surface area contributed by atoms with Crippen LogP contribution in [0.2, 0.25) is 0 Å². The highest BCUT2D eigenvalue weighted by Gasteiger charge is 2.31. The van der Waals surface area contributed by atoms with Gasteiger partial charge in [0.1, 0.15) is 5.82 Å². The number of benzene rings is 1. The summed E-state index contributed by atoms with van der Waals surface area (Å²) in [7, 11) is 0. The van der Waals surface area contributed by atoms with Gasteiger partial charge in [0.15, 0.2) is 5.83 Å². The molecule has 1 aliphatic carbocycles. The van der Waals surface area contributed by atoms with Crippen molar-refractivity contribution < 1.29 is 28.9 Å². The third kappa shape index (κ3) is 6.09. The molecule has 0 saturated heterocycles. The summed E-state index contributed by atoms with van der Waals surface area (Å²) in [6.07, 6.45) is 7.78. The summed E-state index contributed by atoms with van der Waals surface area (Å²) in [4.78, 5) is 10.7. The number of carboxylic acids is 1. The zero-order valence-corrected chi connectivity index (χ0v) is 19.2. The molecule has 2 aromatic rings. The summed E-state index contributed by atoms with van der Waals surface area (Å²) in [6, 6.07) is 6.23. The van der Waals surface area contributed by atoms with E-state index in [1.807, 2.05) is 20.0 Å². The Labute approximate surface area is 193 Å². The lowest BCUT2D eigenvalue weighted by molar-refractivity contribution is -0.149. The second-order valence-corrected chi connectivity index (χ2v) is 9.26. The molecule has 1 fully saturated rings. The minimum Gasteiger partial charge on any atom is -0.481 e. The van der Waals surface area contributed by atoms with Crippen LogP contribution in [0.3, 0.4) is 0 Å². The van der Waals surface area contributed by atoms with Crippen molar-refractivity contribution in [1.82, 2.24) is 4.57 Å². The topological polar surface area (TPSA) is 82.7 Å². The summed E-state index contributed by atoms with van der Waals surface area (Å²) in [6.45, 7) is 4.02. The number of hydrogen-bond acceptors (Lipinski definition) is 3. The number of carbonyl (C=O) groups is 1. The maximum absolute atomic E-state index is 15.2. The zero-order valence-electron chi connectivity index (χ0n) is 19.2. The Morgan fingerprint density at radius 2 is 1.82 bits per heavy atom. The first-order chi connectivity index (χ1) is 15.6. The molecule has 0 amide bonds. The van der Waals surface area contributed by atoms with Crippen molar-refractivity contribution in [2.45, 2.75) is 83.0 Å². The van der Waals surface area contributed by atoms with Gasteiger partial charge in [0.25, 0.3) is 0 Å². The number of hydrogen-bond donors (Lipinski definition) is 3. The molecular weight excluding hydrogens is 428 g/mol. The number of aliphatic hydroxyl groups is 2. The smallest absolute Gasteiger partial charge is 0.303 e. The summed E-state index contributed by atoms with van der Waals surface area (Å²) in [5.74, 6) is -5.34. The van der Waals surface area contributed by atoms with Gasteiger partial charge in [-0.3, -0.25) is 4.79 Å². The number of carboxylic acid groups (broad SMARTS) is 1. The fraction of sp³-hybridized carbons (Fsp3) is 0.500. The van der Waals surface area contributed by atoms with Crippen LogP contribution in [0.4, 0.5) is 8.78 Å². The van der Waals surface area contributed by atoms with Crippen molar-refractivity contribution in [3.8, 4) is 11.1 Å². The van der Waals surface area contributed by atoms with E-state index in [-0.39, 0.29) is 30.6 Å². The van der Waals surface area contributed by atoms with Gasteiger partial charge in [-0.2, -0.15) is 0 Å². The van der Waals surface area contributed by atoms with Gasteiger partial charge in [0.2, 0.25) is 5.79 Å². The molecule has 180 valence electrons. The fourth-order valence-electron chi connectivity index (χ4n) is 4.68. The number of halogens is 2. The molecule has 0 aliphatic heterocycles. The maximum atomic E-state index is 15.2. The van der Waals surface area contributed by atoms with Crippen molar-refractivity contribution in [1.29, 1.82) is 0 Å². The van der Waals surface area contributed by atoms with Crippen LogP contribution in [-0.4, -0.2) is 31.6 Å². The first-order valence-electron chi connectivity index (χ1n) is 11.6. The molecule has 1 aromatic heterocycles. The molecule has 3 N–H and O–H groups in total. The van der Waals surface area contributed by atoms with Crippen LogP contribution in [0.15, 0.2) is 36.3 Å². The van der Waals surface area contributed by atoms with Crippen molar-refractivity contribution >= 4 is 12.0 Å². The van der Waals surface area contributed by atoms with Crippen molar-refractivity contribution in [2.75, 3.05) is 0 Å². The highest BCUT2D eigenvalue weighted by Crippen LogP contribution is 2.40. The van der Waals surface area contributed by atoms with E-state index in [0.717, 1.165) is 37.5 Å². The predicted octanol–water partition coefficient (Wildman–Crippen LogP) is 6.17. The Balaban J connectivity index is 2.10. The standard InChI is InChI=1S/C26H33F2NO4/c1-17(2)25-21(15-23(28)26(32,33)14-6-9-24(30)31)22(18-10-12-19(27)13-11-18)16-29(25)20-7-4-3-5-8-20/h10-13,15-17,20,32-33H,3-9,14H2,1-2H3,(H,30,31). The number of aromatic nitrogens is 1. The Morgan fingerprint density at radius 1 is 1.18 bits per heavy atom. The van der Waals surface area contributed by atoms with Crippen LogP contribution in [0.1, 0.15) is 88.4 Å². The molecule has 1 aliphatic rings. The third-order valence-corrected chi connectivity index (χ3v) is 6.35. The Hall–Kier alpha value is -2.51.